The molecule has 0 aromatic heterocycles. The summed E-state index contributed by atoms with van der Waals surface area (Å²) in [6.07, 6.45) is 7.96. The fourth-order valence-electron chi connectivity index (χ4n) is 2.60. The number of aliphatic carboxylic acids is 2. The van der Waals surface area contributed by atoms with E-state index in [4.69, 9.17) is 5.11 Å². The van der Waals surface area contributed by atoms with Crippen LogP contribution in [0.15, 0.2) is 12.2 Å². The van der Waals surface area contributed by atoms with Gasteiger partial charge in [-0.15, -0.1) is 0 Å². The van der Waals surface area contributed by atoms with E-state index >= 15 is 0 Å². The zero-order chi connectivity index (χ0) is 16.8. The topological polar surface area (TPSA) is 97.7 Å². The van der Waals surface area contributed by atoms with E-state index in [1.54, 1.807) is 0 Å². The van der Waals surface area contributed by atoms with Gasteiger partial charge in [-0.1, -0.05) is 12.2 Å². The molecule has 1 unspecified atom stereocenters. The molecule has 7 heteroatoms. The van der Waals surface area contributed by atoms with Crippen molar-refractivity contribution in [3.63, 3.8) is 0 Å². The predicted octanol–water partition coefficient (Wildman–Crippen LogP) is -2.45. The van der Waals surface area contributed by atoms with Crippen LogP contribution in [0.1, 0.15) is 45.4 Å². The zero-order valence-electron chi connectivity index (χ0n) is 14.5. The third-order valence-electron chi connectivity index (χ3n) is 3.90. The first kappa shape index (κ1) is 24.8. The molecule has 0 aliphatic carbocycles. The number of quaternary nitrogens is 1. The van der Waals surface area contributed by atoms with Crippen molar-refractivity contribution in [3.05, 3.63) is 12.2 Å². The monoisotopic (exact) mass is 338 g/mol. The Morgan fingerprint density at radius 1 is 1.04 bits per heavy atom. The van der Waals surface area contributed by atoms with Crippen molar-refractivity contribution in [2.45, 2.75) is 45.4 Å². The van der Waals surface area contributed by atoms with E-state index < -0.39 is 11.9 Å². The van der Waals surface area contributed by atoms with Gasteiger partial charge in [-0.2, -0.15) is 0 Å². The van der Waals surface area contributed by atoms with Gasteiger partial charge in [-0.05, 0) is 32.6 Å². The average molecular weight is 338 g/mol. The number of aliphatic hydroxyl groups is 1. The third kappa shape index (κ3) is 13.7. The summed E-state index contributed by atoms with van der Waals surface area (Å²) in [5.74, 6) is -2.04. The number of hydrogen-bond acceptors (Lipinski definition) is 4. The molecule has 6 nitrogen and oxygen atoms in total. The molecule has 1 atom stereocenters. The summed E-state index contributed by atoms with van der Waals surface area (Å²) < 4.78 is 0.334. The van der Waals surface area contributed by atoms with Crippen LogP contribution in [0, 0.1) is 0 Å². The van der Waals surface area contributed by atoms with Crippen molar-refractivity contribution >= 4 is 11.9 Å². The first-order valence-corrected chi connectivity index (χ1v) is 7.94. The van der Waals surface area contributed by atoms with Crippen molar-refractivity contribution in [1.29, 1.82) is 0 Å². The molecule has 0 bridgehead atoms. The van der Waals surface area contributed by atoms with Crippen LogP contribution < -0.4 is 34.7 Å². The number of hydrogen-bond donors (Lipinski definition) is 2. The molecule has 0 aromatic rings. The van der Waals surface area contributed by atoms with Crippen LogP contribution >= 0.6 is 0 Å². The van der Waals surface area contributed by atoms with E-state index in [1.807, 2.05) is 13.0 Å². The normalized spacial score (nSPS) is 13.5. The van der Waals surface area contributed by atoms with E-state index in [0.717, 1.165) is 25.7 Å². The largest absolute Gasteiger partial charge is 1.00 e. The van der Waals surface area contributed by atoms with Gasteiger partial charge >= 0.3 is 35.5 Å². The van der Waals surface area contributed by atoms with Crippen LogP contribution in [0.25, 0.3) is 0 Å². The Morgan fingerprint density at radius 3 is 2.22 bits per heavy atom. The molecule has 128 valence electrons. The van der Waals surface area contributed by atoms with Crippen LogP contribution in [-0.4, -0.2) is 59.4 Å². The van der Waals surface area contributed by atoms with Gasteiger partial charge in [0.2, 0.25) is 0 Å². The Hall–Kier alpha value is -0.400. The Balaban J connectivity index is 0. The molecule has 0 spiro atoms. The van der Waals surface area contributed by atoms with Gasteiger partial charge in [0, 0.05) is 12.4 Å². The van der Waals surface area contributed by atoms with Gasteiger partial charge in [-0.3, -0.25) is 4.79 Å². The molecular weight excluding hydrogens is 309 g/mol. The number of carbonyl (C=O) groups excluding carboxylic acids is 1. The van der Waals surface area contributed by atoms with E-state index in [2.05, 4.69) is 6.08 Å². The number of unbranched alkanes of at least 4 members (excludes halogenated alkanes) is 3. The summed E-state index contributed by atoms with van der Waals surface area (Å²) in [5.41, 5.74) is 0. The first-order chi connectivity index (χ1) is 10.5. The standard InChI is InChI=1S/C16H29NO5.Na/c1-2-3-4-5-6-7-10-17(13-14-18,11-8-15(19)20)12-9-16(21)22;/h2-3,18H,4-14H2,1H3,(H-,19,20,21,22);/q;+1/b3-2+;. The summed E-state index contributed by atoms with van der Waals surface area (Å²) in [4.78, 5) is 21.6. The molecule has 0 rings (SSSR count). The van der Waals surface area contributed by atoms with E-state index in [-0.39, 0.29) is 49.0 Å². The Kier molecular flexibility index (Phi) is 16.4. The van der Waals surface area contributed by atoms with Crippen LogP contribution in [-0.2, 0) is 9.59 Å². The van der Waals surface area contributed by atoms with Crippen molar-refractivity contribution in [1.82, 2.24) is 0 Å². The number of aliphatic hydroxyl groups excluding tert-OH is 1. The number of allylic oxidation sites excluding steroid dienone is 2. The number of carboxylic acid groups (broad SMARTS) is 2. The SMILES string of the molecule is C/C=C/CCCCC[N+](CCO)(CCC(=O)[O-])CCC(=O)O.[Na+]. The van der Waals surface area contributed by atoms with Crippen LogP contribution in [0.2, 0.25) is 0 Å². The van der Waals surface area contributed by atoms with Crippen molar-refractivity contribution in [2.24, 2.45) is 0 Å². The Bertz CT molecular complexity index is 342. The minimum absolute atomic E-state index is 0. The number of carboxylic acids is 2. The van der Waals surface area contributed by atoms with E-state index in [9.17, 15) is 19.8 Å². The maximum Gasteiger partial charge on any atom is 1.00 e. The maximum absolute atomic E-state index is 10.8. The van der Waals surface area contributed by atoms with Crippen LogP contribution in [0.5, 0.6) is 0 Å². The molecule has 0 saturated heterocycles. The van der Waals surface area contributed by atoms with Gasteiger partial charge in [0.1, 0.15) is 6.54 Å². The third-order valence-corrected chi connectivity index (χ3v) is 3.90. The molecule has 0 saturated carbocycles. The predicted molar refractivity (Wildman–Crippen MR) is 82.0 cm³/mol. The summed E-state index contributed by atoms with van der Waals surface area (Å²) in [6.45, 7) is 3.63. The molecule has 0 amide bonds. The van der Waals surface area contributed by atoms with Crippen LogP contribution in [0.4, 0.5) is 0 Å². The quantitative estimate of drug-likeness (QED) is 0.159. The molecule has 0 aromatic carbocycles. The molecule has 2 N–H and O–H groups in total. The van der Waals surface area contributed by atoms with Crippen molar-refractivity contribution in [3.8, 4) is 0 Å². The molecule has 0 aliphatic rings. The second kappa shape index (κ2) is 15.1. The van der Waals surface area contributed by atoms with Gasteiger partial charge in [-0.25, -0.2) is 0 Å². The number of nitrogens with zero attached hydrogens (tertiary/aromatic N) is 1. The Labute approximate surface area is 161 Å². The molecule has 23 heavy (non-hydrogen) atoms. The maximum atomic E-state index is 10.8. The van der Waals surface area contributed by atoms with Crippen molar-refractivity contribution in [2.75, 3.05) is 32.8 Å². The van der Waals surface area contributed by atoms with Gasteiger partial charge in [0.25, 0.3) is 0 Å². The minimum Gasteiger partial charge on any atom is -0.550 e. The second-order valence-corrected chi connectivity index (χ2v) is 5.64. The fraction of sp³-hybridized carbons (Fsp3) is 0.750. The molecule has 0 radical (unpaired) electrons. The average Bonchev–Trinajstić information content (AvgIpc) is 2.46. The first-order valence-electron chi connectivity index (χ1n) is 7.94. The molecule has 0 aliphatic heterocycles. The van der Waals surface area contributed by atoms with Crippen molar-refractivity contribution < 1.29 is 58.9 Å². The molecular formula is C16H29NNaO5+. The Morgan fingerprint density at radius 2 is 1.70 bits per heavy atom. The summed E-state index contributed by atoms with van der Waals surface area (Å²) in [5, 5.41) is 28.9. The van der Waals surface area contributed by atoms with Gasteiger partial charge in [0.15, 0.2) is 0 Å². The fourth-order valence-corrected chi connectivity index (χ4v) is 2.60. The second-order valence-electron chi connectivity index (χ2n) is 5.64. The minimum atomic E-state index is -1.14. The van der Waals surface area contributed by atoms with Crippen LogP contribution in [0.3, 0.4) is 0 Å². The number of carbonyl (C=O) groups is 2. The van der Waals surface area contributed by atoms with E-state index in [1.165, 1.54) is 0 Å². The summed E-state index contributed by atoms with van der Waals surface area (Å²) in [6, 6.07) is 0. The smallest absolute Gasteiger partial charge is 0.550 e. The number of rotatable bonds is 14. The molecule has 0 heterocycles. The van der Waals surface area contributed by atoms with E-state index in [0.29, 0.717) is 30.7 Å². The van der Waals surface area contributed by atoms with Gasteiger partial charge in [0.05, 0.1) is 32.7 Å². The van der Waals surface area contributed by atoms with Gasteiger partial charge < -0.3 is 24.6 Å². The zero-order valence-corrected chi connectivity index (χ0v) is 16.5. The summed E-state index contributed by atoms with van der Waals surface area (Å²) in [7, 11) is 0. The molecule has 0 fully saturated rings. The summed E-state index contributed by atoms with van der Waals surface area (Å²) >= 11 is 0.